The number of aromatic nitrogens is 3. The van der Waals surface area contributed by atoms with Crippen LogP contribution in [-0.4, -0.2) is 14.4 Å². The standard InChI is InChI=1S/C12H7BrClFN4/c13-10-6-19-4-3-16-12(19)11(18-10)17-7-1-2-8(14)9(15)5-7/h1-6H,(H,17,18). The van der Waals surface area contributed by atoms with Crippen LogP contribution < -0.4 is 5.32 Å². The fourth-order valence-corrected chi connectivity index (χ4v) is 2.21. The molecule has 2 heterocycles. The maximum Gasteiger partial charge on any atom is 0.180 e. The number of hydrogen-bond acceptors (Lipinski definition) is 3. The van der Waals surface area contributed by atoms with E-state index in [0.29, 0.717) is 21.8 Å². The third-order valence-corrected chi connectivity index (χ3v) is 3.22. The first-order chi connectivity index (χ1) is 9.13. The van der Waals surface area contributed by atoms with E-state index < -0.39 is 5.82 Å². The monoisotopic (exact) mass is 340 g/mol. The van der Waals surface area contributed by atoms with Gasteiger partial charge < -0.3 is 9.72 Å². The summed E-state index contributed by atoms with van der Waals surface area (Å²) < 4.78 is 15.9. The molecule has 0 aliphatic rings. The predicted octanol–water partition coefficient (Wildman–Crippen LogP) is 4.03. The van der Waals surface area contributed by atoms with Crippen LogP contribution in [0.4, 0.5) is 15.9 Å². The SMILES string of the molecule is Fc1cc(Nc2nc(Br)cn3ccnc23)ccc1Cl. The fourth-order valence-electron chi connectivity index (χ4n) is 1.70. The molecule has 0 amide bonds. The van der Waals surface area contributed by atoms with Gasteiger partial charge in [-0.2, -0.15) is 0 Å². The Labute approximate surface area is 121 Å². The van der Waals surface area contributed by atoms with E-state index in [1.807, 2.05) is 4.40 Å². The van der Waals surface area contributed by atoms with Gasteiger partial charge in [-0.1, -0.05) is 11.6 Å². The number of fused-ring (bicyclic) bond motifs is 1. The van der Waals surface area contributed by atoms with Crippen molar-refractivity contribution >= 4 is 44.7 Å². The second-order valence-electron chi connectivity index (χ2n) is 3.82. The second kappa shape index (κ2) is 4.79. The van der Waals surface area contributed by atoms with Crippen LogP contribution in [0, 0.1) is 5.82 Å². The molecule has 0 saturated carbocycles. The Bertz CT molecular complexity index is 759. The van der Waals surface area contributed by atoms with Crippen LogP contribution in [0.2, 0.25) is 5.02 Å². The van der Waals surface area contributed by atoms with Gasteiger partial charge in [0.25, 0.3) is 0 Å². The quantitative estimate of drug-likeness (QED) is 0.765. The van der Waals surface area contributed by atoms with Crippen molar-refractivity contribution in [3.63, 3.8) is 0 Å². The summed E-state index contributed by atoms with van der Waals surface area (Å²) in [6.45, 7) is 0. The van der Waals surface area contributed by atoms with Crippen molar-refractivity contribution in [2.75, 3.05) is 5.32 Å². The van der Waals surface area contributed by atoms with Crippen molar-refractivity contribution in [2.45, 2.75) is 0 Å². The predicted molar refractivity (Wildman–Crippen MR) is 75.4 cm³/mol. The van der Waals surface area contributed by atoms with Gasteiger partial charge in [-0.05, 0) is 34.1 Å². The topological polar surface area (TPSA) is 42.2 Å². The average Bonchev–Trinajstić information content (AvgIpc) is 2.82. The Balaban J connectivity index is 2.04. The van der Waals surface area contributed by atoms with E-state index in [-0.39, 0.29) is 5.02 Å². The summed E-state index contributed by atoms with van der Waals surface area (Å²) in [4.78, 5) is 8.48. The van der Waals surface area contributed by atoms with Crippen LogP contribution in [-0.2, 0) is 0 Å². The highest BCUT2D eigenvalue weighted by atomic mass is 79.9. The minimum absolute atomic E-state index is 0.0821. The summed E-state index contributed by atoms with van der Waals surface area (Å²) in [5, 5.41) is 3.10. The van der Waals surface area contributed by atoms with Crippen molar-refractivity contribution in [3.05, 3.63) is 52.2 Å². The van der Waals surface area contributed by atoms with E-state index in [2.05, 4.69) is 31.2 Å². The van der Waals surface area contributed by atoms with Gasteiger partial charge >= 0.3 is 0 Å². The molecule has 1 N–H and O–H groups in total. The first kappa shape index (κ1) is 12.4. The first-order valence-electron chi connectivity index (χ1n) is 5.35. The van der Waals surface area contributed by atoms with Crippen LogP contribution in [0.15, 0.2) is 41.4 Å². The summed E-state index contributed by atoms with van der Waals surface area (Å²) in [6.07, 6.45) is 5.25. The van der Waals surface area contributed by atoms with E-state index in [9.17, 15) is 4.39 Å². The van der Waals surface area contributed by atoms with Crippen molar-refractivity contribution in [1.82, 2.24) is 14.4 Å². The van der Waals surface area contributed by atoms with Crippen LogP contribution in [0.1, 0.15) is 0 Å². The fraction of sp³-hybridized carbons (Fsp3) is 0. The molecule has 0 bridgehead atoms. The molecule has 0 saturated heterocycles. The van der Waals surface area contributed by atoms with Gasteiger partial charge in [0.1, 0.15) is 10.4 Å². The maximum absolute atomic E-state index is 13.4. The zero-order chi connectivity index (χ0) is 13.4. The number of hydrogen-bond donors (Lipinski definition) is 1. The lowest BCUT2D eigenvalue weighted by Gasteiger charge is -2.08. The summed E-state index contributed by atoms with van der Waals surface area (Å²) in [6, 6.07) is 4.47. The minimum atomic E-state index is -0.485. The molecule has 0 aliphatic heterocycles. The summed E-state index contributed by atoms with van der Waals surface area (Å²) in [7, 11) is 0. The smallest absolute Gasteiger partial charge is 0.180 e. The van der Waals surface area contributed by atoms with Gasteiger partial charge in [0.15, 0.2) is 11.5 Å². The van der Waals surface area contributed by atoms with Gasteiger partial charge in [-0.15, -0.1) is 0 Å². The normalized spacial score (nSPS) is 10.9. The minimum Gasteiger partial charge on any atom is -0.337 e. The average molecular weight is 342 g/mol. The number of rotatable bonds is 2. The number of anilines is 2. The largest absolute Gasteiger partial charge is 0.337 e. The highest BCUT2D eigenvalue weighted by Gasteiger charge is 2.08. The molecule has 4 nitrogen and oxygen atoms in total. The summed E-state index contributed by atoms with van der Waals surface area (Å²) in [5.41, 5.74) is 1.20. The van der Waals surface area contributed by atoms with Gasteiger partial charge in [0.05, 0.1) is 5.02 Å². The van der Waals surface area contributed by atoms with Crippen LogP contribution in [0.3, 0.4) is 0 Å². The molecular formula is C12H7BrClFN4. The van der Waals surface area contributed by atoms with Gasteiger partial charge in [-0.3, -0.25) is 0 Å². The molecule has 0 atom stereocenters. The Morgan fingerprint density at radius 2 is 2.21 bits per heavy atom. The van der Waals surface area contributed by atoms with E-state index in [1.165, 1.54) is 12.1 Å². The maximum atomic E-state index is 13.4. The number of nitrogens with one attached hydrogen (secondary N) is 1. The van der Waals surface area contributed by atoms with Crippen molar-refractivity contribution in [3.8, 4) is 0 Å². The molecule has 3 rings (SSSR count). The molecule has 19 heavy (non-hydrogen) atoms. The third-order valence-electron chi connectivity index (χ3n) is 2.53. The van der Waals surface area contributed by atoms with Crippen LogP contribution in [0.5, 0.6) is 0 Å². The van der Waals surface area contributed by atoms with Gasteiger partial charge in [-0.25, -0.2) is 14.4 Å². The molecule has 0 spiro atoms. The molecule has 3 aromatic rings. The zero-order valence-electron chi connectivity index (χ0n) is 9.44. The second-order valence-corrected chi connectivity index (χ2v) is 5.04. The van der Waals surface area contributed by atoms with Crippen molar-refractivity contribution in [2.24, 2.45) is 0 Å². The Morgan fingerprint density at radius 1 is 1.37 bits per heavy atom. The number of nitrogens with zero attached hydrogens (tertiary/aromatic N) is 3. The van der Waals surface area contributed by atoms with Crippen LogP contribution in [0.25, 0.3) is 5.65 Å². The van der Waals surface area contributed by atoms with E-state index in [1.54, 1.807) is 24.7 Å². The highest BCUT2D eigenvalue weighted by Crippen LogP contribution is 2.24. The lowest BCUT2D eigenvalue weighted by atomic mass is 10.3. The lowest BCUT2D eigenvalue weighted by molar-refractivity contribution is 0.629. The highest BCUT2D eigenvalue weighted by molar-refractivity contribution is 9.10. The van der Waals surface area contributed by atoms with Gasteiger partial charge in [0.2, 0.25) is 0 Å². The Morgan fingerprint density at radius 3 is 3.00 bits per heavy atom. The zero-order valence-corrected chi connectivity index (χ0v) is 11.8. The number of imidazole rings is 1. The first-order valence-corrected chi connectivity index (χ1v) is 6.52. The number of benzene rings is 1. The molecule has 0 aliphatic carbocycles. The van der Waals surface area contributed by atoms with Crippen molar-refractivity contribution < 1.29 is 4.39 Å². The third kappa shape index (κ3) is 2.41. The van der Waals surface area contributed by atoms with E-state index in [0.717, 1.165) is 0 Å². The molecule has 0 radical (unpaired) electrons. The van der Waals surface area contributed by atoms with E-state index >= 15 is 0 Å². The molecule has 2 aromatic heterocycles. The lowest BCUT2D eigenvalue weighted by Crippen LogP contribution is -1.99. The Hall–Kier alpha value is -1.66. The molecule has 0 unspecified atom stereocenters. The van der Waals surface area contributed by atoms with Gasteiger partial charge in [0, 0.05) is 24.3 Å². The number of halogens is 3. The molecule has 7 heteroatoms. The molecule has 96 valence electrons. The van der Waals surface area contributed by atoms with E-state index in [4.69, 9.17) is 11.6 Å². The summed E-state index contributed by atoms with van der Waals surface area (Å²) >= 11 is 8.96. The molecule has 1 aromatic carbocycles. The van der Waals surface area contributed by atoms with Crippen molar-refractivity contribution in [1.29, 1.82) is 0 Å². The molecular weight excluding hydrogens is 335 g/mol. The summed E-state index contributed by atoms with van der Waals surface area (Å²) in [5.74, 6) is 0.0436. The molecule has 0 fully saturated rings. The van der Waals surface area contributed by atoms with Crippen LogP contribution >= 0.6 is 27.5 Å². The Kier molecular flexibility index (Phi) is 3.12.